The summed E-state index contributed by atoms with van der Waals surface area (Å²) < 4.78 is 5.81. The van der Waals surface area contributed by atoms with Gasteiger partial charge in [0.2, 0.25) is 0 Å². The number of ether oxygens (including phenoxy) is 1. The second-order valence-corrected chi connectivity index (χ2v) is 6.23. The lowest BCUT2D eigenvalue weighted by Gasteiger charge is -2.27. The number of hydrogen-bond acceptors (Lipinski definition) is 2. The van der Waals surface area contributed by atoms with Gasteiger partial charge in [-0.15, -0.1) is 0 Å². The SMILES string of the molecule is Cc1ccc(C(NC(C)C2CCCO2)C2CC2)cc1. The largest absolute Gasteiger partial charge is 0.377 e. The number of aryl methyl sites for hydroxylation is 1. The van der Waals surface area contributed by atoms with Crippen LogP contribution in [0.2, 0.25) is 0 Å². The van der Waals surface area contributed by atoms with Crippen molar-refractivity contribution in [3.8, 4) is 0 Å². The molecule has 0 aromatic heterocycles. The summed E-state index contributed by atoms with van der Waals surface area (Å²) in [5, 5.41) is 3.83. The van der Waals surface area contributed by atoms with Crippen molar-refractivity contribution >= 4 is 0 Å². The van der Waals surface area contributed by atoms with E-state index in [1.54, 1.807) is 0 Å². The van der Waals surface area contributed by atoms with Crippen LogP contribution in [0.5, 0.6) is 0 Å². The number of rotatable bonds is 5. The van der Waals surface area contributed by atoms with Gasteiger partial charge >= 0.3 is 0 Å². The van der Waals surface area contributed by atoms with E-state index in [9.17, 15) is 0 Å². The number of nitrogens with one attached hydrogen (secondary N) is 1. The third-order valence-electron chi connectivity index (χ3n) is 4.49. The van der Waals surface area contributed by atoms with Crippen molar-refractivity contribution in [3.05, 3.63) is 35.4 Å². The predicted molar refractivity (Wildman–Crippen MR) is 78.2 cm³/mol. The van der Waals surface area contributed by atoms with Crippen molar-refractivity contribution in [3.63, 3.8) is 0 Å². The van der Waals surface area contributed by atoms with Crippen LogP contribution >= 0.6 is 0 Å². The first-order valence-corrected chi connectivity index (χ1v) is 7.68. The van der Waals surface area contributed by atoms with Crippen LogP contribution in [0.15, 0.2) is 24.3 Å². The van der Waals surface area contributed by atoms with Crippen LogP contribution in [0.4, 0.5) is 0 Å². The summed E-state index contributed by atoms with van der Waals surface area (Å²) in [7, 11) is 0. The third-order valence-corrected chi connectivity index (χ3v) is 4.49. The molecule has 104 valence electrons. The first-order chi connectivity index (χ1) is 9.24. The summed E-state index contributed by atoms with van der Waals surface area (Å²) >= 11 is 0. The Morgan fingerprint density at radius 2 is 1.89 bits per heavy atom. The Morgan fingerprint density at radius 3 is 2.47 bits per heavy atom. The highest BCUT2D eigenvalue weighted by atomic mass is 16.5. The van der Waals surface area contributed by atoms with Crippen LogP contribution < -0.4 is 5.32 Å². The van der Waals surface area contributed by atoms with Gasteiger partial charge in [-0.2, -0.15) is 0 Å². The summed E-state index contributed by atoms with van der Waals surface area (Å²) in [5.41, 5.74) is 2.78. The molecule has 2 fully saturated rings. The quantitative estimate of drug-likeness (QED) is 0.872. The first kappa shape index (κ1) is 13.1. The fraction of sp³-hybridized carbons (Fsp3) is 0.647. The van der Waals surface area contributed by atoms with E-state index in [2.05, 4.69) is 43.4 Å². The van der Waals surface area contributed by atoms with Crippen molar-refractivity contribution in [2.45, 2.75) is 57.7 Å². The molecule has 1 aliphatic heterocycles. The van der Waals surface area contributed by atoms with E-state index in [1.165, 1.54) is 36.8 Å². The van der Waals surface area contributed by atoms with E-state index in [0.29, 0.717) is 18.2 Å². The molecule has 2 nitrogen and oxygen atoms in total. The van der Waals surface area contributed by atoms with Gasteiger partial charge in [0.25, 0.3) is 0 Å². The van der Waals surface area contributed by atoms with Crippen molar-refractivity contribution in [1.82, 2.24) is 5.32 Å². The lowest BCUT2D eigenvalue weighted by atomic mass is 9.99. The Kier molecular flexibility index (Phi) is 3.90. The summed E-state index contributed by atoms with van der Waals surface area (Å²) in [6, 6.07) is 9.99. The lowest BCUT2D eigenvalue weighted by molar-refractivity contribution is 0.0785. The van der Waals surface area contributed by atoms with E-state index in [4.69, 9.17) is 4.74 Å². The molecular formula is C17H25NO. The summed E-state index contributed by atoms with van der Waals surface area (Å²) in [4.78, 5) is 0. The van der Waals surface area contributed by atoms with Crippen LogP contribution in [-0.2, 0) is 4.74 Å². The molecular weight excluding hydrogens is 234 g/mol. The molecule has 2 aliphatic rings. The molecule has 0 amide bonds. The first-order valence-electron chi connectivity index (χ1n) is 7.68. The zero-order chi connectivity index (χ0) is 13.2. The standard InChI is InChI=1S/C17H25NO/c1-12-5-7-14(8-6-12)17(15-9-10-15)18-13(2)16-4-3-11-19-16/h5-8,13,15-18H,3-4,9-11H2,1-2H3. The number of hydrogen-bond donors (Lipinski definition) is 1. The van der Waals surface area contributed by atoms with Crippen LogP contribution in [0.25, 0.3) is 0 Å². The van der Waals surface area contributed by atoms with Gasteiger partial charge in [-0.1, -0.05) is 29.8 Å². The second-order valence-electron chi connectivity index (χ2n) is 6.23. The van der Waals surface area contributed by atoms with Gasteiger partial charge in [-0.3, -0.25) is 0 Å². The fourth-order valence-electron chi connectivity index (χ4n) is 3.10. The predicted octanol–water partition coefficient (Wildman–Crippen LogP) is 3.60. The summed E-state index contributed by atoms with van der Waals surface area (Å²) in [6.45, 7) is 5.37. The Balaban J connectivity index is 1.68. The van der Waals surface area contributed by atoms with Gasteiger partial charge in [0, 0.05) is 18.7 Å². The van der Waals surface area contributed by atoms with Crippen LogP contribution in [0.1, 0.15) is 49.8 Å². The van der Waals surface area contributed by atoms with E-state index in [-0.39, 0.29) is 0 Å². The third kappa shape index (κ3) is 3.18. The summed E-state index contributed by atoms with van der Waals surface area (Å²) in [6.07, 6.45) is 5.56. The maximum Gasteiger partial charge on any atom is 0.0726 e. The van der Waals surface area contributed by atoms with Gasteiger partial charge in [-0.25, -0.2) is 0 Å². The minimum Gasteiger partial charge on any atom is -0.377 e. The molecule has 0 radical (unpaired) electrons. The summed E-state index contributed by atoms with van der Waals surface area (Å²) in [5.74, 6) is 0.826. The van der Waals surface area contributed by atoms with Gasteiger partial charge in [0.1, 0.15) is 0 Å². The van der Waals surface area contributed by atoms with Gasteiger partial charge < -0.3 is 10.1 Å². The highest BCUT2D eigenvalue weighted by Crippen LogP contribution is 2.41. The molecule has 3 atom stereocenters. The van der Waals surface area contributed by atoms with Crippen molar-refractivity contribution in [2.24, 2.45) is 5.92 Å². The molecule has 1 heterocycles. The average Bonchev–Trinajstić information content (AvgIpc) is 3.10. The Bertz CT molecular complexity index is 404. The minimum absolute atomic E-state index is 0.409. The van der Waals surface area contributed by atoms with E-state index < -0.39 is 0 Å². The topological polar surface area (TPSA) is 21.3 Å². The fourth-order valence-corrected chi connectivity index (χ4v) is 3.10. The zero-order valence-electron chi connectivity index (χ0n) is 12.1. The van der Waals surface area contributed by atoms with E-state index >= 15 is 0 Å². The maximum absolute atomic E-state index is 5.81. The molecule has 1 saturated carbocycles. The maximum atomic E-state index is 5.81. The molecule has 1 aromatic carbocycles. The zero-order valence-corrected chi connectivity index (χ0v) is 12.1. The molecule has 0 spiro atoms. The minimum atomic E-state index is 0.409. The second kappa shape index (κ2) is 5.64. The van der Waals surface area contributed by atoms with Crippen molar-refractivity contribution < 1.29 is 4.74 Å². The van der Waals surface area contributed by atoms with Crippen LogP contribution in [0.3, 0.4) is 0 Å². The molecule has 1 N–H and O–H groups in total. The van der Waals surface area contributed by atoms with Gasteiger partial charge in [0.15, 0.2) is 0 Å². The monoisotopic (exact) mass is 259 g/mol. The average molecular weight is 259 g/mol. The van der Waals surface area contributed by atoms with Gasteiger partial charge in [-0.05, 0) is 51.0 Å². The van der Waals surface area contributed by atoms with Crippen LogP contribution in [-0.4, -0.2) is 18.8 Å². The normalized spacial score (nSPS) is 26.3. The van der Waals surface area contributed by atoms with Crippen molar-refractivity contribution in [2.75, 3.05) is 6.61 Å². The smallest absolute Gasteiger partial charge is 0.0726 e. The molecule has 0 bridgehead atoms. The van der Waals surface area contributed by atoms with Crippen molar-refractivity contribution in [1.29, 1.82) is 0 Å². The molecule has 19 heavy (non-hydrogen) atoms. The molecule has 1 aromatic rings. The highest BCUT2D eigenvalue weighted by molar-refractivity contribution is 5.25. The Labute approximate surface area is 116 Å². The molecule has 1 saturated heterocycles. The highest BCUT2D eigenvalue weighted by Gasteiger charge is 2.34. The van der Waals surface area contributed by atoms with E-state index in [1.807, 2.05) is 0 Å². The van der Waals surface area contributed by atoms with E-state index in [0.717, 1.165) is 12.5 Å². The Hall–Kier alpha value is -0.860. The Morgan fingerprint density at radius 1 is 1.16 bits per heavy atom. The molecule has 1 aliphatic carbocycles. The molecule has 3 rings (SSSR count). The number of benzene rings is 1. The lowest BCUT2D eigenvalue weighted by Crippen LogP contribution is -2.40. The molecule has 3 unspecified atom stereocenters. The van der Waals surface area contributed by atoms with Gasteiger partial charge in [0.05, 0.1) is 6.10 Å². The molecule has 2 heteroatoms. The van der Waals surface area contributed by atoms with Crippen LogP contribution in [0, 0.1) is 12.8 Å².